The van der Waals surface area contributed by atoms with Crippen LogP contribution in [0, 0.1) is 0 Å². The van der Waals surface area contributed by atoms with Crippen LogP contribution in [0.5, 0.6) is 5.75 Å². The zero-order valence-electron chi connectivity index (χ0n) is 8.20. The molecule has 0 radical (unpaired) electrons. The predicted octanol–water partition coefficient (Wildman–Crippen LogP) is 1.17. The molecule has 4 nitrogen and oxygen atoms in total. The fraction of sp³-hybridized carbons (Fsp3) is 0.300. The minimum Gasteiger partial charge on any atom is -0.493 e. The molecule has 0 spiro atoms. The predicted molar refractivity (Wildman–Crippen MR) is 59.1 cm³/mol. The number of rotatable bonds is 5. The van der Waals surface area contributed by atoms with Gasteiger partial charge >= 0.3 is 0 Å². The van der Waals surface area contributed by atoms with Crippen molar-refractivity contribution in [1.29, 1.82) is 0 Å². The Kier molecular flexibility index (Phi) is 4.39. The highest BCUT2D eigenvalue weighted by molar-refractivity contribution is 6.31. The van der Waals surface area contributed by atoms with E-state index in [1.165, 1.54) is 6.07 Å². The smallest absolute Gasteiger partial charge is 0.252 e. The lowest BCUT2D eigenvalue weighted by Crippen LogP contribution is -2.14. The molecule has 0 aliphatic heterocycles. The van der Waals surface area contributed by atoms with Crippen LogP contribution in [0.4, 0.5) is 0 Å². The fourth-order valence-corrected chi connectivity index (χ4v) is 1.26. The summed E-state index contributed by atoms with van der Waals surface area (Å²) in [7, 11) is 0. The summed E-state index contributed by atoms with van der Waals surface area (Å²) in [5.41, 5.74) is 10.8. The molecule has 15 heavy (non-hydrogen) atoms. The van der Waals surface area contributed by atoms with Crippen molar-refractivity contribution < 1.29 is 9.53 Å². The number of amides is 1. The lowest BCUT2D eigenvalue weighted by molar-refractivity contribution is 0.0996. The molecule has 0 aliphatic carbocycles. The van der Waals surface area contributed by atoms with Gasteiger partial charge in [-0.1, -0.05) is 11.6 Å². The van der Waals surface area contributed by atoms with Crippen LogP contribution in [0.2, 0.25) is 5.02 Å². The molecule has 0 saturated heterocycles. The van der Waals surface area contributed by atoms with Gasteiger partial charge < -0.3 is 16.2 Å². The van der Waals surface area contributed by atoms with E-state index in [2.05, 4.69) is 0 Å². The van der Waals surface area contributed by atoms with Crippen molar-refractivity contribution in [2.75, 3.05) is 13.2 Å². The van der Waals surface area contributed by atoms with Gasteiger partial charge in [0.1, 0.15) is 5.75 Å². The summed E-state index contributed by atoms with van der Waals surface area (Å²) < 4.78 is 5.35. The molecule has 1 rings (SSSR count). The number of hydrogen-bond acceptors (Lipinski definition) is 3. The van der Waals surface area contributed by atoms with E-state index >= 15 is 0 Å². The van der Waals surface area contributed by atoms with Crippen molar-refractivity contribution in [2.45, 2.75) is 6.42 Å². The maximum atomic E-state index is 11.1. The van der Waals surface area contributed by atoms with Crippen molar-refractivity contribution in [3.63, 3.8) is 0 Å². The molecule has 0 heterocycles. The van der Waals surface area contributed by atoms with Crippen LogP contribution in [0.15, 0.2) is 18.2 Å². The highest BCUT2D eigenvalue weighted by Gasteiger charge is 2.09. The van der Waals surface area contributed by atoms with Gasteiger partial charge in [-0.05, 0) is 31.2 Å². The molecule has 1 aromatic carbocycles. The third-order valence-corrected chi connectivity index (χ3v) is 2.05. The first kappa shape index (κ1) is 11.8. The van der Waals surface area contributed by atoms with E-state index in [0.717, 1.165) is 6.42 Å². The summed E-state index contributed by atoms with van der Waals surface area (Å²) in [4.78, 5) is 11.1. The molecule has 0 aliphatic rings. The molecular formula is C10H13ClN2O2. The molecule has 0 aromatic heterocycles. The van der Waals surface area contributed by atoms with E-state index in [4.69, 9.17) is 27.8 Å². The zero-order valence-corrected chi connectivity index (χ0v) is 8.96. The summed E-state index contributed by atoms with van der Waals surface area (Å²) in [6.07, 6.45) is 0.723. The summed E-state index contributed by atoms with van der Waals surface area (Å²) in [5.74, 6) is -0.111. The highest BCUT2D eigenvalue weighted by atomic mass is 35.5. The van der Waals surface area contributed by atoms with Gasteiger partial charge in [-0.3, -0.25) is 4.79 Å². The SMILES string of the molecule is NCCCOc1ccc(Cl)cc1C(N)=O. The summed E-state index contributed by atoms with van der Waals surface area (Å²) in [5, 5.41) is 0.454. The van der Waals surface area contributed by atoms with Gasteiger partial charge in [0.05, 0.1) is 12.2 Å². The third-order valence-electron chi connectivity index (χ3n) is 1.81. The summed E-state index contributed by atoms with van der Waals surface area (Å²) >= 11 is 5.74. The first-order valence-electron chi connectivity index (χ1n) is 4.57. The van der Waals surface area contributed by atoms with Crippen molar-refractivity contribution in [3.05, 3.63) is 28.8 Å². The van der Waals surface area contributed by atoms with E-state index in [1.807, 2.05) is 0 Å². The Morgan fingerprint density at radius 3 is 2.80 bits per heavy atom. The van der Waals surface area contributed by atoms with Gasteiger partial charge in [0.25, 0.3) is 5.91 Å². The molecule has 4 N–H and O–H groups in total. The maximum Gasteiger partial charge on any atom is 0.252 e. The Bertz CT molecular complexity index is 355. The lowest BCUT2D eigenvalue weighted by atomic mass is 10.2. The first-order chi connectivity index (χ1) is 7.15. The Morgan fingerprint density at radius 2 is 2.20 bits per heavy atom. The number of benzene rings is 1. The normalized spacial score (nSPS) is 10.0. The van der Waals surface area contributed by atoms with Gasteiger partial charge in [-0.25, -0.2) is 0 Å². The number of halogens is 1. The zero-order chi connectivity index (χ0) is 11.3. The maximum absolute atomic E-state index is 11.1. The minimum atomic E-state index is -0.555. The van der Waals surface area contributed by atoms with E-state index in [1.54, 1.807) is 12.1 Å². The van der Waals surface area contributed by atoms with Gasteiger partial charge in [0.2, 0.25) is 0 Å². The molecule has 5 heteroatoms. The van der Waals surface area contributed by atoms with Crippen LogP contribution in [0.25, 0.3) is 0 Å². The van der Waals surface area contributed by atoms with Crippen LogP contribution in [-0.4, -0.2) is 19.1 Å². The van der Waals surface area contributed by atoms with Gasteiger partial charge in [-0.2, -0.15) is 0 Å². The van der Waals surface area contributed by atoms with E-state index in [9.17, 15) is 4.79 Å². The Labute approximate surface area is 93.1 Å². The molecule has 1 aromatic rings. The van der Waals surface area contributed by atoms with Gasteiger partial charge in [0.15, 0.2) is 0 Å². The largest absolute Gasteiger partial charge is 0.493 e. The second-order valence-electron chi connectivity index (χ2n) is 3.00. The number of carbonyl (C=O) groups is 1. The fourth-order valence-electron chi connectivity index (χ4n) is 1.09. The molecule has 82 valence electrons. The number of carbonyl (C=O) groups excluding carboxylic acids is 1. The number of nitrogens with two attached hydrogens (primary N) is 2. The van der Waals surface area contributed by atoms with Crippen molar-refractivity contribution in [3.8, 4) is 5.75 Å². The topological polar surface area (TPSA) is 78.3 Å². The second-order valence-corrected chi connectivity index (χ2v) is 3.43. The summed E-state index contributed by atoms with van der Waals surface area (Å²) in [6, 6.07) is 4.76. The molecule has 1 amide bonds. The van der Waals surface area contributed by atoms with Crippen LogP contribution < -0.4 is 16.2 Å². The number of primary amides is 1. The molecule has 0 bridgehead atoms. The Balaban J connectivity index is 2.81. The van der Waals surface area contributed by atoms with E-state index < -0.39 is 5.91 Å². The monoisotopic (exact) mass is 228 g/mol. The van der Waals surface area contributed by atoms with E-state index in [-0.39, 0.29) is 0 Å². The third kappa shape index (κ3) is 3.42. The van der Waals surface area contributed by atoms with Crippen molar-refractivity contribution in [2.24, 2.45) is 11.5 Å². The van der Waals surface area contributed by atoms with Crippen LogP contribution in [-0.2, 0) is 0 Å². The van der Waals surface area contributed by atoms with Crippen molar-refractivity contribution >= 4 is 17.5 Å². The molecule has 0 unspecified atom stereocenters. The lowest BCUT2D eigenvalue weighted by Gasteiger charge is -2.09. The van der Waals surface area contributed by atoms with Crippen LogP contribution in [0.1, 0.15) is 16.8 Å². The molecule has 0 saturated carbocycles. The highest BCUT2D eigenvalue weighted by Crippen LogP contribution is 2.22. The Morgan fingerprint density at radius 1 is 1.47 bits per heavy atom. The number of ether oxygens (including phenoxy) is 1. The van der Waals surface area contributed by atoms with E-state index in [0.29, 0.717) is 29.5 Å². The standard InChI is InChI=1S/C10H13ClN2O2/c11-7-2-3-9(15-5-1-4-12)8(6-7)10(13)14/h2-3,6H,1,4-5,12H2,(H2,13,14). The average Bonchev–Trinajstić information content (AvgIpc) is 2.20. The van der Waals surface area contributed by atoms with Gasteiger partial charge in [-0.15, -0.1) is 0 Å². The second kappa shape index (κ2) is 5.58. The molecule has 0 atom stereocenters. The molecule has 0 fully saturated rings. The van der Waals surface area contributed by atoms with Gasteiger partial charge in [0, 0.05) is 5.02 Å². The van der Waals surface area contributed by atoms with Crippen molar-refractivity contribution in [1.82, 2.24) is 0 Å². The number of hydrogen-bond donors (Lipinski definition) is 2. The molecular weight excluding hydrogens is 216 g/mol. The summed E-state index contributed by atoms with van der Waals surface area (Å²) in [6.45, 7) is 0.998. The quantitative estimate of drug-likeness (QED) is 0.743. The van der Waals surface area contributed by atoms with Crippen LogP contribution >= 0.6 is 11.6 Å². The average molecular weight is 229 g/mol. The minimum absolute atomic E-state index is 0.291. The first-order valence-corrected chi connectivity index (χ1v) is 4.95. The van der Waals surface area contributed by atoms with Crippen LogP contribution in [0.3, 0.4) is 0 Å². The Hall–Kier alpha value is -1.26.